The van der Waals surface area contributed by atoms with Crippen molar-refractivity contribution >= 4 is 11.9 Å². The summed E-state index contributed by atoms with van der Waals surface area (Å²) in [5, 5.41) is 14.1. The van der Waals surface area contributed by atoms with Crippen LogP contribution in [-0.4, -0.2) is 54.4 Å². The topological polar surface area (TPSA) is 109 Å². The van der Waals surface area contributed by atoms with Gasteiger partial charge in [-0.2, -0.15) is 15.4 Å². The van der Waals surface area contributed by atoms with Crippen LogP contribution in [0.5, 0.6) is 0 Å². The maximum Gasteiger partial charge on any atom is 0.252 e. The van der Waals surface area contributed by atoms with Crippen molar-refractivity contribution in [2.45, 2.75) is 77.3 Å². The molecule has 5 rings (SSSR count). The number of rotatable bonds is 9. The van der Waals surface area contributed by atoms with Crippen LogP contribution in [0.3, 0.4) is 0 Å². The first-order valence-corrected chi connectivity index (χ1v) is 12.1. The van der Waals surface area contributed by atoms with Gasteiger partial charge in [0.05, 0.1) is 30.2 Å². The first-order chi connectivity index (χ1) is 16.6. The molecule has 2 N–H and O–H groups in total. The van der Waals surface area contributed by atoms with Gasteiger partial charge in [-0.3, -0.25) is 4.79 Å². The van der Waals surface area contributed by atoms with Crippen molar-refractivity contribution in [1.29, 1.82) is 0 Å². The van der Waals surface area contributed by atoms with Gasteiger partial charge in [-0.05, 0) is 36.8 Å². The fourth-order valence-corrected chi connectivity index (χ4v) is 4.83. The highest BCUT2D eigenvalue weighted by molar-refractivity contribution is 5.81. The summed E-state index contributed by atoms with van der Waals surface area (Å²) >= 11 is 0. The van der Waals surface area contributed by atoms with E-state index in [0.717, 1.165) is 36.2 Å². The van der Waals surface area contributed by atoms with Gasteiger partial charge in [0, 0.05) is 30.8 Å². The molecule has 178 valence electrons. The lowest BCUT2D eigenvalue weighted by Crippen LogP contribution is -2.39. The third-order valence-electron chi connectivity index (χ3n) is 6.71. The predicted molar refractivity (Wildman–Crippen MR) is 127 cm³/mol. The van der Waals surface area contributed by atoms with Gasteiger partial charge in [-0.25, -0.2) is 9.97 Å². The van der Waals surface area contributed by atoms with Crippen LogP contribution >= 0.6 is 0 Å². The van der Waals surface area contributed by atoms with Crippen LogP contribution in [0.25, 0.3) is 0 Å². The SMILES string of the molecule is CCC(Cc1cn[nH]n1)OC(CC)C(=O)N1Cc2cnc(NC3Cc4ccccc4C3)nc2C1. The van der Waals surface area contributed by atoms with Gasteiger partial charge < -0.3 is 15.0 Å². The number of ether oxygens (including phenoxy) is 1. The number of H-pyrrole nitrogens is 1. The predicted octanol–water partition coefficient (Wildman–Crippen LogP) is 2.83. The molecule has 2 aromatic heterocycles. The Morgan fingerprint density at radius 2 is 1.94 bits per heavy atom. The number of carbonyl (C=O) groups is 1. The highest BCUT2D eigenvalue weighted by Crippen LogP contribution is 2.26. The average molecular weight is 462 g/mol. The van der Waals surface area contributed by atoms with Crippen LogP contribution in [0.2, 0.25) is 0 Å². The summed E-state index contributed by atoms with van der Waals surface area (Å²) in [4.78, 5) is 24.4. The zero-order valence-corrected chi connectivity index (χ0v) is 19.7. The molecule has 2 aliphatic rings. The number of hydrogen-bond acceptors (Lipinski definition) is 7. The highest BCUT2D eigenvalue weighted by atomic mass is 16.5. The Bertz CT molecular complexity index is 1110. The Morgan fingerprint density at radius 1 is 1.15 bits per heavy atom. The molecule has 2 atom stereocenters. The summed E-state index contributed by atoms with van der Waals surface area (Å²) in [6.07, 6.45) is 6.95. The van der Waals surface area contributed by atoms with Gasteiger partial charge in [0.25, 0.3) is 5.91 Å². The molecule has 1 amide bonds. The monoisotopic (exact) mass is 461 g/mol. The van der Waals surface area contributed by atoms with E-state index in [-0.39, 0.29) is 12.0 Å². The van der Waals surface area contributed by atoms with Crippen LogP contribution in [0.1, 0.15) is 54.8 Å². The molecule has 2 unspecified atom stereocenters. The second kappa shape index (κ2) is 9.89. The van der Waals surface area contributed by atoms with Crippen molar-refractivity contribution in [3.8, 4) is 0 Å². The van der Waals surface area contributed by atoms with E-state index in [4.69, 9.17) is 9.72 Å². The summed E-state index contributed by atoms with van der Waals surface area (Å²) in [5.74, 6) is 0.632. The van der Waals surface area contributed by atoms with Crippen molar-refractivity contribution in [1.82, 2.24) is 30.3 Å². The Morgan fingerprint density at radius 3 is 2.62 bits per heavy atom. The summed E-state index contributed by atoms with van der Waals surface area (Å²) in [7, 11) is 0. The molecule has 0 fully saturated rings. The molecule has 1 aliphatic carbocycles. The number of aromatic nitrogens is 5. The number of anilines is 1. The molecular weight excluding hydrogens is 430 g/mol. The van der Waals surface area contributed by atoms with E-state index >= 15 is 0 Å². The van der Waals surface area contributed by atoms with E-state index in [0.29, 0.717) is 37.9 Å². The minimum atomic E-state index is -0.492. The molecule has 0 radical (unpaired) electrons. The number of fused-ring (bicyclic) bond motifs is 2. The van der Waals surface area contributed by atoms with E-state index in [1.165, 1.54) is 11.1 Å². The van der Waals surface area contributed by atoms with Gasteiger partial charge in [0.1, 0.15) is 6.10 Å². The van der Waals surface area contributed by atoms with E-state index in [1.807, 2.05) is 18.0 Å². The third kappa shape index (κ3) is 4.79. The molecular formula is C25H31N7O2. The first kappa shape index (κ1) is 22.5. The zero-order chi connectivity index (χ0) is 23.5. The lowest BCUT2D eigenvalue weighted by molar-refractivity contribution is -0.148. The number of nitrogens with zero attached hydrogens (tertiary/aromatic N) is 5. The normalized spacial score (nSPS) is 16.8. The van der Waals surface area contributed by atoms with Crippen molar-refractivity contribution in [2.75, 3.05) is 5.32 Å². The second-order valence-corrected chi connectivity index (χ2v) is 9.11. The highest BCUT2D eigenvalue weighted by Gasteiger charge is 2.32. The lowest BCUT2D eigenvalue weighted by Gasteiger charge is -2.26. The number of amides is 1. The minimum absolute atomic E-state index is 0.000135. The molecule has 3 heterocycles. The fraction of sp³-hybridized carbons (Fsp3) is 0.480. The van der Waals surface area contributed by atoms with Crippen LogP contribution in [0.4, 0.5) is 5.95 Å². The van der Waals surface area contributed by atoms with Crippen molar-refractivity contribution in [3.05, 3.63) is 64.7 Å². The van der Waals surface area contributed by atoms with Crippen molar-refractivity contribution in [2.24, 2.45) is 0 Å². The summed E-state index contributed by atoms with van der Waals surface area (Å²) in [5.41, 5.74) is 5.52. The van der Waals surface area contributed by atoms with Crippen LogP contribution in [-0.2, 0) is 41.9 Å². The van der Waals surface area contributed by atoms with Crippen molar-refractivity contribution in [3.63, 3.8) is 0 Å². The van der Waals surface area contributed by atoms with Crippen LogP contribution < -0.4 is 5.32 Å². The Balaban J connectivity index is 1.19. The maximum atomic E-state index is 13.3. The zero-order valence-electron chi connectivity index (χ0n) is 19.7. The maximum absolute atomic E-state index is 13.3. The van der Waals surface area contributed by atoms with E-state index in [2.05, 4.69) is 56.9 Å². The molecule has 3 aromatic rings. The Hall–Kier alpha value is -3.33. The van der Waals surface area contributed by atoms with E-state index < -0.39 is 6.10 Å². The van der Waals surface area contributed by atoms with Gasteiger partial charge in [-0.15, -0.1) is 0 Å². The number of carbonyl (C=O) groups excluding carboxylic acids is 1. The largest absolute Gasteiger partial charge is 0.365 e. The summed E-state index contributed by atoms with van der Waals surface area (Å²) < 4.78 is 6.22. The summed E-state index contributed by atoms with van der Waals surface area (Å²) in [6, 6.07) is 8.84. The molecule has 0 saturated carbocycles. The number of aromatic amines is 1. The second-order valence-electron chi connectivity index (χ2n) is 9.11. The molecule has 0 saturated heterocycles. The fourth-order valence-electron chi connectivity index (χ4n) is 4.83. The molecule has 1 aliphatic heterocycles. The number of hydrogen-bond donors (Lipinski definition) is 2. The first-order valence-electron chi connectivity index (χ1n) is 12.1. The molecule has 9 heteroatoms. The van der Waals surface area contributed by atoms with Gasteiger partial charge in [0.2, 0.25) is 5.95 Å². The Kier molecular flexibility index (Phi) is 6.53. The molecule has 34 heavy (non-hydrogen) atoms. The van der Waals surface area contributed by atoms with Gasteiger partial charge >= 0.3 is 0 Å². The molecule has 1 aromatic carbocycles. The number of benzene rings is 1. The molecule has 9 nitrogen and oxygen atoms in total. The smallest absolute Gasteiger partial charge is 0.252 e. The third-order valence-corrected chi connectivity index (χ3v) is 6.71. The van der Waals surface area contributed by atoms with Gasteiger partial charge in [-0.1, -0.05) is 38.1 Å². The van der Waals surface area contributed by atoms with E-state index in [1.54, 1.807) is 6.20 Å². The number of nitrogens with one attached hydrogen (secondary N) is 2. The quantitative estimate of drug-likeness (QED) is 0.504. The Labute approximate surface area is 199 Å². The minimum Gasteiger partial charge on any atom is -0.365 e. The molecule has 0 bridgehead atoms. The van der Waals surface area contributed by atoms with E-state index in [9.17, 15) is 4.79 Å². The van der Waals surface area contributed by atoms with Crippen molar-refractivity contribution < 1.29 is 9.53 Å². The standard InChI is InChI=1S/C25H31N7O2/c1-3-21(11-20-13-27-31-30-20)34-23(4-2)24(33)32-14-18-12-26-25(29-22(18)15-32)28-19-9-16-7-5-6-8-17(16)10-19/h5-8,12-13,19,21,23H,3-4,9-11,14-15H2,1-2H3,(H,26,28,29)(H,27,30,31). The lowest BCUT2D eigenvalue weighted by atomic mass is 10.1. The molecule has 0 spiro atoms. The average Bonchev–Trinajstić information content (AvgIpc) is 3.60. The van der Waals surface area contributed by atoms with Crippen LogP contribution in [0, 0.1) is 0 Å². The van der Waals surface area contributed by atoms with Gasteiger partial charge in [0.15, 0.2) is 0 Å². The summed E-state index contributed by atoms with van der Waals surface area (Å²) in [6.45, 7) is 5.04. The van der Waals surface area contributed by atoms with Crippen LogP contribution in [0.15, 0.2) is 36.7 Å².